The van der Waals surface area contributed by atoms with Gasteiger partial charge in [0.15, 0.2) is 0 Å². The van der Waals surface area contributed by atoms with E-state index in [1.54, 1.807) is 54.5 Å². The van der Waals surface area contributed by atoms with Gasteiger partial charge in [-0.05, 0) is 54.4 Å². The predicted octanol–water partition coefficient (Wildman–Crippen LogP) is 4.86. The summed E-state index contributed by atoms with van der Waals surface area (Å²) >= 11 is 11.9. The lowest BCUT2D eigenvalue weighted by atomic mass is 10.1. The van der Waals surface area contributed by atoms with Crippen LogP contribution in [0.4, 0.5) is 0 Å². The van der Waals surface area contributed by atoms with E-state index < -0.39 is 6.04 Å². The van der Waals surface area contributed by atoms with Crippen molar-refractivity contribution in [2.24, 2.45) is 0 Å². The van der Waals surface area contributed by atoms with E-state index in [0.717, 1.165) is 11.1 Å². The number of amides is 2. The van der Waals surface area contributed by atoms with Crippen LogP contribution in [0.1, 0.15) is 23.8 Å². The van der Waals surface area contributed by atoms with E-state index in [1.807, 2.05) is 24.3 Å². The maximum atomic E-state index is 13.1. The molecule has 1 N–H and O–H groups in total. The number of hydrogen-bond acceptors (Lipinski definition) is 3. The summed E-state index contributed by atoms with van der Waals surface area (Å²) in [6, 6.07) is 17.2. The van der Waals surface area contributed by atoms with Gasteiger partial charge in [-0.15, -0.1) is 0 Å². The monoisotopic (exact) mass is 444 g/mol. The molecule has 0 fully saturated rings. The first kappa shape index (κ1) is 21.9. The van der Waals surface area contributed by atoms with Gasteiger partial charge in [-0.2, -0.15) is 0 Å². The van der Waals surface area contributed by atoms with Gasteiger partial charge in [-0.25, -0.2) is 0 Å². The summed E-state index contributed by atoms with van der Waals surface area (Å²) < 4.78 is 5.25. The topological polar surface area (TPSA) is 62.6 Å². The van der Waals surface area contributed by atoms with Crippen LogP contribution in [-0.2, 0) is 29.1 Å². The molecule has 3 rings (SSSR count). The Hall–Kier alpha value is -2.76. The molecule has 2 amide bonds. The normalized spacial score (nSPS) is 11.7. The summed E-state index contributed by atoms with van der Waals surface area (Å²) in [4.78, 5) is 27.4. The highest BCUT2D eigenvalue weighted by Gasteiger charge is 2.26. The summed E-state index contributed by atoms with van der Waals surface area (Å²) in [5.74, 6) is 0.227. The second kappa shape index (κ2) is 10.3. The molecule has 0 saturated heterocycles. The zero-order valence-electron chi connectivity index (χ0n) is 16.5. The van der Waals surface area contributed by atoms with E-state index in [2.05, 4.69) is 5.32 Å². The van der Waals surface area contributed by atoms with Crippen molar-refractivity contribution in [3.63, 3.8) is 0 Å². The lowest BCUT2D eigenvalue weighted by molar-refractivity contribution is -0.140. The Morgan fingerprint density at radius 2 is 1.57 bits per heavy atom. The maximum absolute atomic E-state index is 13.1. The smallest absolute Gasteiger partial charge is 0.242 e. The van der Waals surface area contributed by atoms with Gasteiger partial charge in [-0.3, -0.25) is 9.59 Å². The molecule has 1 heterocycles. The number of carbonyl (C=O) groups excluding carboxylic acids is 2. The first-order valence-corrected chi connectivity index (χ1v) is 10.3. The lowest BCUT2D eigenvalue weighted by Gasteiger charge is -2.29. The van der Waals surface area contributed by atoms with Gasteiger partial charge in [0.05, 0.1) is 19.2 Å². The minimum absolute atomic E-state index is 0.159. The van der Waals surface area contributed by atoms with Crippen LogP contribution in [0.25, 0.3) is 0 Å². The quantitative estimate of drug-likeness (QED) is 0.539. The minimum Gasteiger partial charge on any atom is -0.467 e. The van der Waals surface area contributed by atoms with Crippen LogP contribution in [0.2, 0.25) is 10.0 Å². The molecule has 156 valence electrons. The molecule has 0 unspecified atom stereocenters. The Balaban J connectivity index is 1.74. The number of halogens is 2. The molecule has 0 aliphatic rings. The van der Waals surface area contributed by atoms with Crippen molar-refractivity contribution < 1.29 is 14.0 Å². The Labute approximate surface area is 185 Å². The second-order valence-electron chi connectivity index (χ2n) is 6.92. The van der Waals surface area contributed by atoms with Gasteiger partial charge in [0.2, 0.25) is 11.8 Å². The first-order chi connectivity index (χ1) is 14.4. The molecule has 0 radical (unpaired) electrons. The largest absolute Gasteiger partial charge is 0.467 e. The molecule has 1 atom stereocenters. The van der Waals surface area contributed by atoms with Crippen molar-refractivity contribution in [1.29, 1.82) is 0 Å². The predicted molar refractivity (Wildman–Crippen MR) is 117 cm³/mol. The third kappa shape index (κ3) is 6.12. The van der Waals surface area contributed by atoms with Crippen molar-refractivity contribution in [3.8, 4) is 0 Å². The van der Waals surface area contributed by atoms with Crippen molar-refractivity contribution in [2.45, 2.75) is 32.5 Å². The average molecular weight is 445 g/mol. The van der Waals surface area contributed by atoms with Crippen molar-refractivity contribution in [1.82, 2.24) is 10.2 Å². The number of carbonyl (C=O) groups is 2. The number of hydrogen-bond donors (Lipinski definition) is 1. The van der Waals surface area contributed by atoms with Gasteiger partial charge in [0.25, 0.3) is 0 Å². The number of benzene rings is 2. The van der Waals surface area contributed by atoms with E-state index in [-0.39, 0.29) is 24.8 Å². The molecule has 7 heteroatoms. The van der Waals surface area contributed by atoms with Gasteiger partial charge in [0.1, 0.15) is 11.8 Å². The summed E-state index contributed by atoms with van der Waals surface area (Å²) in [7, 11) is 0. The molecular weight excluding hydrogens is 423 g/mol. The third-order valence-corrected chi connectivity index (χ3v) is 5.22. The van der Waals surface area contributed by atoms with Crippen LogP contribution in [0.5, 0.6) is 0 Å². The highest BCUT2D eigenvalue weighted by Crippen LogP contribution is 2.16. The van der Waals surface area contributed by atoms with Crippen LogP contribution in [-0.4, -0.2) is 22.8 Å². The molecule has 0 aliphatic heterocycles. The van der Waals surface area contributed by atoms with Crippen LogP contribution < -0.4 is 5.32 Å². The fraction of sp³-hybridized carbons (Fsp3) is 0.217. The van der Waals surface area contributed by atoms with Gasteiger partial charge in [0, 0.05) is 16.6 Å². The van der Waals surface area contributed by atoms with Crippen LogP contribution in [0.15, 0.2) is 71.3 Å². The fourth-order valence-corrected chi connectivity index (χ4v) is 3.23. The zero-order valence-corrected chi connectivity index (χ0v) is 18.0. The minimum atomic E-state index is -0.671. The van der Waals surface area contributed by atoms with E-state index in [9.17, 15) is 9.59 Å². The Kier molecular flexibility index (Phi) is 7.55. The lowest BCUT2D eigenvalue weighted by Crippen LogP contribution is -2.47. The summed E-state index contributed by atoms with van der Waals surface area (Å²) in [6.45, 7) is 2.27. The van der Waals surface area contributed by atoms with Gasteiger partial charge < -0.3 is 14.6 Å². The molecule has 0 spiro atoms. The third-order valence-electron chi connectivity index (χ3n) is 4.72. The standard InChI is InChI=1S/C23H22Cl2N2O3/c1-16(23(29)26-14-21-3-2-12-30-21)27(15-18-6-10-20(25)11-7-18)22(28)13-17-4-8-19(24)9-5-17/h2-12,16H,13-15H2,1H3,(H,26,29)/t16-/m1/s1. The maximum Gasteiger partial charge on any atom is 0.242 e. The fourth-order valence-electron chi connectivity index (χ4n) is 2.98. The average Bonchev–Trinajstić information content (AvgIpc) is 3.26. The molecule has 5 nitrogen and oxygen atoms in total. The highest BCUT2D eigenvalue weighted by molar-refractivity contribution is 6.30. The number of furan rings is 1. The summed E-state index contributed by atoms with van der Waals surface area (Å²) in [5.41, 5.74) is 1.71. The molecule has 3 aromatic rings. The molecule has 0 aliphatic carbocycles. The van der Waals surface area contributed by atoms with E-state index >= 15 is 0 Å². The number of nitrogens with one attached hydrogen (secondary N) is 1. The SMILES string of the molecule is C[C@H](C(=O)NCc1ccco1)N(Cc1ccc(Cl)cc1)C(=O)Cc1ccc(Cl)cc1. The van der Waals surface area contributed by atoms with Gasteiger partial charge in [-0.1, -0.05) is 47.5 Å². The number of nitrogens with zero attached hydrogens (tertiary/aromatic N) is 1. The van der Waals surface area contributed by atoms with Crippen molar-refractivity contribution in [3.05, 3.63) is 93.9 Å². The molecular formula is C23H22Cl2N2O3. The highest BCUT2D eigenvalue weighted by atomic mass is 35.5. The van der Waals surface area contributed by atoms with Gasteiger partial charge >= 0.3 is 0 Å². The van der Waals surface area contributed by atoms with E-state index in [4.69, 9.17) is 27.6 Å². The molecule has 2 aromatic carbocycles. The first-order valence-electron chi connectivity index (χ1n) is 9.51. The van der Waals surface area contributed by atoms with Crippen LogP contribution in [0, 0.1) is 0 Å². The van der Waals surface area contributed by atoms with E-state index in [0.29, 0.717) is 22.4 Å². The molecule has 0 bridgehead atoms. The second-order valence-corrected chi connectivity index (χ2v) is 7.80. The number of rotatable bonds is 8. The Morgan fingerprint density at radius 1 is 0.967 bits per heavy atom. The molecule has 30 heavy (non-hydrogen) atoms. The molecule has 1 aromatic heterocycles. The van der Waals surface area contributed by atoms with Crippen LogP contribution >= 0.6 is 23.2 Å². The summed E-state index contributed by atoms with van der Waals surface area (Å²) in [5, 5.41) is 4.04. The Morgan fingerprint density at radius 3 is 2.13 bits per heavy atom. The van der Waals surface area contributed by atoms with Crippen molar-refractivity contribution in [2.75, 3.05) is 0 Å². The molecule has 0 saturated carbocycles. The Bertz CT molecular complexity index is 971. The zero-order chi connectivity index (χ0) is 21.5. The van der Waals surface area contributed by atoms with Crippen LogP contribution in [0.3, 0.4) is 0 Å². The summed E-state index contributed by atoms with van der Waals surface area (Å²) in [6.07, 6.45) is 1.72. The van der Waals surface area contributed by atoms with E-state index in [1.165, 1.54) is 0 Å². The van der Waals surface area contributed by atoms with Crippen molar-refractivity contribution >= 4 is 35.0 Å².